The van der Waals surface area contributed by atoms with Crippen molar-refractivity contribution in [3.8, 4) is 0 Å². The highest BCUT2D eigenvalue weighted by Crippen LogP contribution is 2.49. The molecule has 38 heavy (non-hydrogen) atoms. The molecule has 194 valence electrons. The van der Waals surface area contributed by atoms with E-state index in [-0.39, 0.29) is 36.7 Å². The lowest BCUT2D eigenvalue weighted by molar-refractivity contribution is -0.129. The maximum Gasteiger partial charge on any atom is 0.416 e. The Morgan fingerprint density at radius 1 is 1.13 bits per heavy atom. The monoisotopic (exact) mass is 612 g/mol. The van der Waals surface area contributed by atoms with Crippen molar-refractivity contribution in [2.45, 2.75) is 47.6 Å². The second kappa shape index (κ2) is 10.4. The summed E-state index contributed by atoms with van der Waals surface area (Å²) in [6.07, 6.45) is 0.860. The first-order valence-electron chi connectivity index (χ1n) is 12.4. The number of amides is 2. The number of aromatic nitrogens is 1. The molecule has 9 heteroatoms. The number of benzene rings is 3. The summed E-state index contributed by atoms with van der Waals surface area (Å²) in [5.41, 5.74) is 2.83. The van der Waals surface area contributed by atoms with Gasteiger partial charge >= 0.3 is 6.09 Å². The lowest BCUT2D eigenvalue weighted by Gasteiger charge is -2.21. The van der Waals surface area contributed by atoms with Gasteiger partial charge in [0.25, 0.3) is 0 Å². The zero-order valence-corrected chi connectivity index (χ0v) is 23.4. The Balaban J connectivity index is 1.33. The van der Waals surface area contributed by atoms with E-state index in [0.717, 1.165) is 38.4 Å². The van der Waals surface area contributed by atoms with Crippen molar-refractivity contribution in [2.75, 3.05) is 6.61 Å². The molecule has 4 aromatic rings. The van der Waals surface area contributed by atoms with E-state index < -0.39 is 6.09 Å². The largest absolute Gasteiger partial charge is 0.447 e. The summed E-state index contributed by atoms with van der Waals surface area (Å²) in [5.74, 6) is -0.689. The van der Waals surface area contributed by atoms with Gasteiger partial charge in [0.2, 0.25) is 5.91 Å². The van der Waals surface area contributed by atoms with E-state index >= 15 is 0 Å². The van der Waals surface area contributed by atoms with Crippen molar-refractivity contribution in [3.63, 3.8) is 0 Å². The number of hydrogen-bond donors (Lipinski definition) is 0. The molecule has 3 aromatic carbocycles. The van der Waals surface area contributed by atoms with Crippen molar-refractivity contribution in [1.82, 2.24) is 9.47 Å². The first-order valence-corrected chi connectivity index (χ1v) is 14.3. The molecule has 2 aliphatic heterocycles. The van der Waals surface area contributed by atoms with Crippen molar-refractivity contribution in [2.24, 2.45) is 0 Å². The molecule has 2 amide bonds. The fourth-order valence-electron chi connectivity index (χ4n) is 5.48. The van der Waals surface area contributed by atoms with Crippen LogP contribution < -0.4 is 0 Å². The van der Waals surface area contributed by atoms with E-state index in [9.17, 15) is 14.0 Å². The second-order valence-electron chi connectivity index (χ2n) is 9.58. The molecular weight excluding hydrogens is 591 g/mol. The summed E-state index contributed by atoms with van der Waals surface area (Å²) in [6.45, 7) is 0.854. The minimum Gasteiger partial charge on any atom is -0.447 e. The zero-order valence-electron chi connectivity index (χ0n) is 20.2. The zero-order chi connectivity index (χ0) is 26.4. The van der Waals surface area contributed by atoms with E-state index in [4.69, 9.17) is 16.3 Å². The van der Waals surface area contributed by atoms with Crippen LogP contribution >= 0.6 is 39.3 Å². The third-order valence-electron chi connectivity index (χ3n) is 7.16. The molecule has 2 aliphatic rings. The fraction of sp³-hybridized carbons (Fsp3) is 0.241. The van der Waals surface area contributed by atoms with Crippen LogP contribution in [0.3, 0.4) is 0 Å². The quantitative estimate of drug-likeness (QED) is 0.223. The molecule has 0 spiro atoms. The summed E-state index contributed by atoms with van der Waals surface area (Å²) < 4.78 is 22.5. The summed E-state index contributed by atoms with van der Waals surface area (Å²) in [7, 11) is 0. The topological polar surface area (TPSA) is 51.5 Å². The Morgan fingerprint density at radius 3 is 2.66 bits per heavy atom. The number of carbonyl (C=O) groups excluding carboxylic acids is 2. The van der Waals surface area contributed by atoms with Crippen molar-refractivity contribution < 1.29 is 18.7 Å². The molecule has 5 nitrogen and oxygen atoms in total. The molecule has 0 aliphatic carbocycles. The molecule has 1 unspecified atom stereocenters. The Morgan fingerprint density at radius 2 is 1.89 bits per heavy atom. The van der Waals surface area contributed by atoms with Crippen LogP contribution in [0, 0.1) is 5.82 Å². The van der Waals surface area contributed by atoms with Gasteiger partial charge in [0.15, 0.2) is 0 Å². The number of cyclic esters (lactones) is 1. The number of halogens is 3. The van der Waals surface area contributed by atoms with Crippen molar-refractivity contribution in [3.05, 3.63) is 93.3 Å². The van der Waals surface area contributed by atoms with Crippen LogP contribution in [0.15, 0.2) is 81.0 Å². The van der Waals surface area contributed by atoms with Crippen molar-refractivity contribution >= 4 is 62.2 Å². The highest BCUT2D eigenvalue weighted by atomic mass is 79.9. The molecular formula is C29H23BrClFN2O3S. The van der Waals surface area contributed by atoms with Gasteiger partial charge in [-0.3, -0.25) is 4.79 Å². The molecule has 0 radical (unpaired) electrons. The van der Waals surface area contributed by atoms with Crippen LogP contribution in [-0.2, 0) is 22.5 Å². The average molecular weight is 614 g/mol. The van der Waals surface area contributed by atoms with E-state index in [1.807, 2.05) is 54.6 Å². The van der Waals surface area contributed by atoms with Gasteiger partial charge in [0.1, 0.15) is 12.4 Å². The number of fused-ring (bicyclic) bond motifs is 3. The van der Waals surface area contributed by atoms with Crippen LogP contribution in [0.2, 0.25) is 5.02 Å². The summed E-state index contributed by atoms with van der Waals surface area (Å²) >= 11 is 11.2. The number of hydrogen-bond acceptors (Lipinski definition) is 4. The number of nitrogens with zero attached hydrogens (tertiary/aromatic N) is 2. The average Bonchev–Trinajstić information content (AvgIpc) is 3.55. The molecule has 3 heterocycles. The number of rotatable bonds is 6. The molecule has 0 bridgehead atoms. The van der Waals surface area contributed by atoms with Gasteiger partial charge in [-0.25, -0.2) is 14.1 Å². The normalized spacial score (nSPS) is 18.7. The Bertz CT molecular complexity index is 1540. The molecule has 0 saturated carbocycles. The van der Waals surface area contributed by atoms with E-state index in [2.05, 4.69) is 20.5 Å². The smallest absolute Gasteiger partial charge is 0.416 e. The van der Waals surface area contributed by atoms with Crippen LogP contribution in [-0.4, -0.2) is 34.1 Å². The molecule has 1 aromatic heterocycles. The fourth-order valence-corrected chi connectivity index (χ4v) is 7.56. The molecule has 6 rings (SSSR count). The Kier molecular flexibility index (Phi) is 6.97. The highest BCUT2D eigenvalue weighted by molar-refractivity contribution is 9.10. The minimum absolute atomic E-state index is 0.120. The maximum atomic E-state index is 14.4. The lowest BCUT2D eigenvalue weighted by Crippen LogP contribution is -2.40. The van der Waals surface area contributed by atoms with Gasteiger partial charge in [0, 0.05) is 49.2 Å². The lowest BCUT2D eigenvalue weighted by atomic mass is 9.98. The van der Waals surface area contributed by atoms with E-state index in [1.54, 1.807) is 17.8 Å². The predicted molar refractivity (Wildman–Crippen MR) is 149 cm³/mol. The summed E-state index contributed by atoms with van der Waals surface area (Å²) in [6, 6.07) is 20.0. The third kappa shape index (κ3) is 4.74. The minimum atomic E-state index is -0.588. The highest BCUT2D eigenvalue weighted by Gasteiger charge is 2.40. The second-order valence-corrected chi connectivity index (χ2v) is 12.0. The molecule has 1 saturated heterocycles. The predicted octanol–water partition coefficient (Wildman–Crippen LogP) is 7.82. The van der Waals surface area contributed by atoms with Gasteiger partial charge in [-0.05, 0) is 70.7 Å². The van der Waals surface area contributed by atoms with Gasteiger partial charge in [0.05, 0.1) is 11.6 Å². The van der Waals surface area contributed by atoms with Gasteiger partial charge in [-0.15, -0.1) is 0 Å². The van der Waals surface area contributed by atoms with Crippen LogP contribution in [0.25, 0.3) is 10.9 Å². The van der Waals surface area contributed by atoms with Gasteiger partial charge in [-0.2, -0.15) is 0 Å². The van der Waals surface area contributed by atoms with E-state index in [1.165, 1.54) is 11.0 Å². The van der Waals surface area contributed by atoms with E-state index in [0.29, 0.717) is 22.5 Å². The van der Waals surface area contributed by atoms with Gasteiger partial charge < -0.3 is 9.30 Å². The maximum absolute atomic E-state index is 14.4. The summed E-state index contributed by atoms with van der Waals surface area (Å²) in [5, 5.41) is 1.57. The molecule has 1 fully saturated rings. The number of carbonyl (C=O) groups is 2. The first kappa shape index (κ1) is 25.5. The molecule has 0 N–H and O–H groups in total. The Labute approximate surface area is 237 Å². The van der Waals surface area contributed by atoms with Crippen LogP contribution in [0.1, 0.15) is 30.0 Å². The van der Waals surface area contributed by atoms with Crippen molar-refractivity contribution in [1.29, 1.82) is 0 Å². The van der Waals surface area contributed by atoms with Crippen LogP contribution in [0.4, 0.5) is 9.18 Å². The standard InChI is InChI=1S/C29H23BrClFN2O3S/c30-23-14-20(32)15-24-26(23)28(38-22-8-6-19(31)7-9-22)27-18(10-11-33(24)27)13-25(35)34-21(16-37-29(34)36)12-17-4-2-1-3-5-17/h1-9,14-15,18,21H,10-13,16H2/t18?,21-/m0/s1. The summed E-state index contributed by atoms with van der Waals surface area (Å²) in [4.78, 5) is 29.5. The third-order valence-corrected chi connectivity index (χ3v) is 9.16. The molecule has 2 atom stereocenters. The number of imide groups is 1. The number of aryl methyl sites for hydroxylation is 1. The van der Waals surface area contributed by atoms with Crippen LogP contribution in [0.5, 0.6) is 0 Å². The van der Waals surface area contributed by atoms with Gasteiger partial charge in [-0.1, -0.05) is 53.7 Å². The Hall–Kier alpha value is -2.81. The SMILES string of the molecule is O=C(CC1CCn2c1c(Sc1ccc(Cl)cc1)c1c(Br)cc(F)cc12)N1C(=O)OC[C@@H]1Cc1ccccc1. The first-order chi connectivity index (χ1) is 18.4. The number of ether oxygens (including phenoxy) is 1.